The molecule has 0 heterocycles. The van der Waals surface area contributed by atoms with E-state index >= 15 is 0 Å². The SMILES string of the molecule is C=C(C(C)C)N(C)C(CC(C)=O)C(=O)NCCNC. The van der Waals surface area contributed by atoms with E-state index in [1.165, 1.54) is 6.92 Å². The van der Waals surface area contributed by atoms with Crippen molar-refractivity contribution in [1.82, 2.24) is 15.5 Å². The van der Waals surface area contributed by atoms with E-state index < -0.39 is 6.04 Å². The highest BCUT2D eigenvalue weighted by molar-refractivity contribution is 5.88. The number of likely N-dealkylation sites (N-methyl/N-ethyl adjacent to an activating group) is 2. The molecule has 0 saturated carbocycles. The zero-order valence-corrected chi connectivity index (χ0v) is 12.7. The third-order valence-electron chi connectivity index (χ3n) is 3.04. The van der Waals surface area contributed by atoms with E-state index in [9.17, 15) is 9.59 Å². The van der Waals surface area contributed by atoms with Crippen LogP contribution >= 0.6 is 0 Å². The Kier molecular flexibility index (Phi) is 8.07. The van der Waals surface area contributed by atoms with Gasteiger partial charge in [-0.15, -0.1) is 0 Å². The van der Waals surface area contributed by atoms with Gasteiger partial charge >= 0.3 is 0 Å². The van der Waals surface area contributed by atoms with Crippen LogP contribution in [0.25, 0.3) is 0 Å². The number of carbonyl (C=O) groups is 2. The summed E-state index contributed by atoms with van der Waals surface area (Å²) < 4.78 is 0. The van der Waals surface area contributed by atoms with Gasteiger partial charge in [-0.3, -0.25) is 9.59 Å². The Bertz CT molecular complexity index is 327. The van der Waals surface area contributed by atoms with Crippen LogP contribution in [0.5, 0.6) is 0 Å². The first-order chi connectivity index (χ1) is 8.81. The van der Waals surface area contributed by atoms with Crippen molar-refractivity contribution in [1.29, 1.82) is 0 Å². The number of hydrogen-bond acceptors (Lipinski definition) is 4. The third-order valence-corrected chi connectivity index (χ3v) is 3.04. The van der Waals surface area contributed by atoms with Crippen LogP contribution in [0.3, 0.4) is 0 Å². The van der Waals surface area contributed by atoms with E-state index in [4.69, 9.17) is 0 Å². The molecule has 0 radical (unpaired) electrons. The molecule has 0 spiro atoms. The first-order valence-corrected chi connectivity index (χ1v) is 6.64. The van der Waals surface area contributed by atoms with Crippen molar-refractivity contribution in [3.05, 3.63) is 12.3 Å². The highest BCUT2D eigenvalue weighted by Gasteiger charge is 2.26. The van der Waals surface area contributed by atoms with Crippen LogP contribution in [0.15, 0.2) is 12.3 Å². The molecule has 2 N–H and O–H groups in total. The monoisotopic (exact) mass is 269 g/mol. The number of nitrogens with zero attached hydrogens (tertiary/aromatic N) is 1. The molecule has 0 aromatic rings. The standard InChI is InChI=1S/C14H27N3O2/c1-10(2)12(4)17(6)13(9-11(3)18)14(19)16-8-7-15-5/h10,13,15H,4,7-9H2,1-3,5-6H3,(H,16,19). The fraction of sp³-hybridized carbons (Fsp3) is 0.714. The molecular weight excluding hydrogens is 242 g/mol. The Morgan fingerprint density at radius 1 is 1.26 bits per heavy atom. The van der Waals surface area contributed by atoms with E-state index in [2.05, 4.69) is 17.2 Å². The summed E-state index contributed by atoms with van der Waals surface area (Å²) in [5.74, 6) is 0.108. The third kappa shape index (κ3) is 6.38. The Hall–Kier alpha value is -1.36. The van der Waals surface area contributed by atoms with Crippen molar-refractivity contribution < 1.29 is 9.59 Å². The fourth-order valence-corrected chi connectivity index (χ4v) is 1.71. The lowest BCUT2D eigenvalue weighted by molar-refractivity contribution is -0.129. The Balaban J connectivity index is 4.74. The molecule has 19 heavy (non-hydrogen) atoms. The van der Waals surface area contributed by atoms with E-state index in [-0.39, 0.29) is 24.0 Å². The summed E-state index contributed by atoms with van der Waals surface area (Å²) in [6.07, 6.45) is 0.202. The molecule has 0 aliphatic heterocycles. The summed E-state index contributed by atoms with van der Waals surface area (Å²) in [7, 11) is 3.64. The Morgan fingerprint density at radius 2 is 1.84 bits per heavy atom. The lowest BCUT2D eigenvalue weighted by Gasteiger charge is -2.31. The average Bonchev–Trinajstić information content (AvgIpc) is 2.33. The molecule has 1 unspecified atom stereocenters. The number of carbonyl (C=O) groups excluding carboxylic acids is 2. The lowest BCUT2D eigenvalue weighted by Crippen LogP contribution is -2.47. The fourth-order valence-electron chi connectivity index (χ4n) is 1.71. The van der Waals surface area contributed by atoms with Crippen LogP contribution in [0.4, 0.5) is 0 Å². The molecule has 1 atom stereocenters. The summed E-state index contributed by atoms with van der Waals surface area (Å²) >= 11 is 0. The van der Waals surface area contributed by atoms with Gasteiger partial charge in [-0.2, -0.15) is 0 Å². The predicted octanol–water partition coefficient (Wildman–Crippen LogP) is 0.771. The van der Waals surface area contributed by atoms with Gasteiger partial charge in [-0.25, -0.2) is 0 Å². The topological polar surface area (TPSA) is 61.4 Å². The maximum atomic E-state index is 12.1. The molecule has 0 aromatic carbocycles. The van der Waals surface area contributed by atoms with Crippen molar-refractivity contribution in [2.75, 3.05) is 27.2 Å². The molecule has 0 rings (SSSR count). The van der Waals surface area contributed by atoms with Crippen LogP contribution in [0.2, 0.25) is 0 Å². The van der Waals surface area contributed by atoms with Gasteiger partial charge in [-0.1, -0.05) is 20.4 Å². The van der Waals surface area contributed by atoms with Crippen LogP contribution in [0.1, 0.15) is 27.2 Å². The molecule has 0 aliphatic rings. The van der Waals surface area contributed by atoms with Gasteiger partial charge < -0.3 is 15.5 Å². The molecular formula is C14H27N3O2. The second-order valence-corrected chi connectivity index (χ2v) is 5.07. The molecule has 110 valence electrons. The summed E-state index contributed by atoms with van der Waals surface area (Å²) in [6.45, 7) is 10.8. The maximum absolute atomic E-state index is 12.1. The second-order valence-electron chi connectivity index (χ2n) is 5.07. The number of ketones is 1. The van der Waals surface area contributed by atoms with E-state index in [0.717, 1.165) is 5.70 Å². The van der Waals surface area contributed by atoms with Crippen molar-refractivity contribution >= 4 is 11.7 Å². The zero-order valence-electron chi connectivity index (χ0n) is 12.7. The number of hydrogen-bond donors (Lipinski definition) is 2. The van der Waals surface area contributed by atoms with Crippen LogP contribution in [-0.4, -0.2) is 49.8 Å². The summed E-state index contributed by atoms with van der Waals surface area (Å²) in [5.41, 5.74) is 0.856. The second kappa shape index (κ2) is 8.69. The molecule has 5 heteroatoms. The predicted molar refractivity (Wildman–Crippen MR) is 77.8 cm³/mol. The number of allylic oxidation sites excluding steroid dienone is 1. The van der Waals surface area contributed by atoms with Gasteiger partial charge in [0.1, 0.15) is 11.8 Å². The number of Topliss-reactive ketones (excluding diaryl/α,β-unsaturated/α-hetero) is 1. The van der Waals surface area contributed by atoms with Crippen molar-refractivity contribution in [3.8, 4) is 0 Å². The Labute approximate surface area is 116 Å². The quantitative estimate of drug-likeness (QED) is 0.607. The van der Waals surface area contributed by atoms with Gasteiger partial charge in [0.2, 0.25) is 5.91 Å². The highest BCUT2D eigenvalue weighted by Crippen LogP contribution is 2.16. The zero-order chi connectivity index (χ0) is 15.0. The lowest BCUT2D eigenvalue weighted by atomic mass is 10.0. The molecule has 0 aliphatic carbocycles. The maximum Gasteiger partial charge on any atom is 0.243 e. The largest absolute Gasteiger partial charge is 0.366 e. The molecule has 5 nitrogen and oxygen atoms in total. The van der Waals surface area contributed by atoms with Crippen molar-refractivity contribution in [2.24, 2.45) is 5.92 Å². The molecule has 1 amide bonds. The first kappa shape index (κ1) is 17.6. The van der Waals surface area contributed by atoms with Gasteiger partial charge in [-0.05, 0) is 19.9 Å². The van der Waals surface area contributed by atoms with Crippen molar-refractivity contribution in [2.45, 2.75) is 33.2 Å². The number of nitrogens with one attached hydrogen (secondary N) is 2. The minimum atomic E-state index is -0.482. The summed E-state index contributed by atoms with van der Waals surface area (Å²) in [6, 6.07) is -0.482. The molecule has 0 saturated heterocycles. The average molecular weight is 269 g/mol. The molecule has 0 bridgehead atoms. The number of rotatable bonds is 9. The van der Waals surface area contributed by atoms with Gasteiger partial charge in [0.15, 0.2) is 0 Å². The molecule has 0 fully saturated rings. The minimum Gasteiger partial charge on any atom is -0.366 e. The smallest absolute Gasteiger partial charge is 0.243 e. The normalized spacial score (nSPS) is 12.1. The highest BCUT2D eigenvalue weighted by atomic mass is 16.2. The van der Waals surface area contributed by atoms with Crippen molar-refractivity contribution in [3.63, 3.8) is 0 Å². The van der Waals surface area contributed by atoms with E-state index in [1.807, 2.05) is 27.9 Å². The molecule has 0 aromatic heterocycles. The minimum absolute atomic E-state index is 0.00262. The van der Waals surface area contributed by atoms with Crippen LogP contribution in [0, 0.1) is 5.92 Å². The van der Waals surface area contributed by atoms with E-state index in [1.54, 1.807) is 4.90 Å². The van der Waals surface area contributed by atoms with Gasteiger partial charge in [0.05, 0.1) is 0 Å². The number of amides is 1. The summed E-state index contributed by atoms with van der Waals surface area (Å²) in [5, 5.41) is 5.79. The summed E-state index contributed by atoms with van der Waals surface area (Å²) in [4.78, 5) is 25.3. The van der Waals surface area contributed by atoms with E-state index in [0.29, 0.717) is 13.1 Å². The van der Waals surface area contributed by atoms with Crippen LogP contribution < -0.4 is 10.6 Å². The van der Waals surface area contributed by atoms with Gasteiger partial charge in [0, 0.05) is 32.3 Å². The first-order valence-electron chi connectivity index (χ1n) is 6.64. The van der Waals surface area contributed by atoms with Crippen LogP contribution in [-0.2, 0) is 9.59 Å². The Morgan fingerprint density at radius 3 is 2.26 bits per heavy atom. The van der Waals surface area contributed by atoms with Gasteiger partial charge in [0.25, 0.3) is 0 Å².